The van der Waals surface area contributed by atoms with E-state index in [9.17, 15) is 4.79 Å². The lowest BCUT2D eigenvalue weighted by Gasteiger charge is -2.05. The van der Waals surface area contributed by atoms with Gasteiger partial charge >= 0.3 is 0 Å². The Balaban J connectivity index is 1.80. The number of hydrogen-bond donors (Lipinski definition) is 2. The van der Waals surface area contributed by atoms with Gasteiger partial charge in [-0.2, -0.15) is 0 Å². The van der Waals surface area contributed by atoms with Crippen molar-refractivity contribution < 1.29 is 0 Å². The molecule has 0 fully saturated rings. The first-order chi connectivity index (χ1) is 8.24. The van der Waals surface area contributed by atoms with Crippen molar-refractivity contribution in [3.63, 3.8) is 0 Å². The summed E-state index contributed by atoms with van der Waals surface area (Å²) in [6.45, 7) is 3.27. The highest BCUT2D eigenvalue weighted by Crippen LogP contribution is 1.98. The van der Waals surface area contributed by atoms with Crippen molar-refractivity contribution >= 4 is 5.82 Å². The average molecular weight is 234 g/mol. The third-order valence-corrected chi connectivity index (χ3v) is 2.20. The Hall–Kier alpha value is -2.18. The second-order valence-corrected chi connectivity index (χ2v) is 3.66. The first-order valence-electron chi connectivity index (χ1n) is 5.40. The molecule has 7 nitrogen and oxygen atoms in total. The van der Waals surface area contributed by atoms with Crippen LogP contribution < -0.4 is 10.9 Å². The van der Waals surface area contributed by atoms with Gasteiger partial charge in [0, 0.05) is 25.4 Å². The normalized spacial score (nSPS) is 10.4. The Bertz CT molecular complexity index is 518. The summed E-state index contributed by atoms with van der Waals surface area (Å²) < 4.78 is 1.76. The average Bonchev–Trinajstić information content (AvgIpc) is 2.76. The molecular weight excluding hydrogens is 220 g/mol. The summed E-state index contributed by atoms with van der Waals surface area (Å²) in [6.07, 6.45) is 4.35. The van der Waals surface area contributed by atoms with Gasteiger partial charge in [0.15, 0.2) is 0 Å². The molecule has 90 valence electrons. The van der Waals surface area contributed by atoms with Crippen molar-refractivity contribution in [1.82, 2.24) is 25.0 Å². The van der Waals surface area contributed by atoms with E-state index in [1.807, 2.05) is 6.20 Å². The predicted molar refractivity (Wildman–Crippen MR) is 62.7 cm³/mol. The van der Waals surface area contributed by atoms with Crippen molar-refractivity contribution in [2.45, 2.75) is 19.9 Å². The van der Waals surface area contributed by atoms with Gasteiger partial charge in [-0.05, 0) is 13.3 Å². The van der Waals surface area contributed by atoms with E-state index in [2.05, 4.69) is 25.6 Å². The largest absolute Gasteiger partial charge is 0.370 e. The monoisotopic (exact) mass is 234 g/mol. The second kappa shape index (κ2) is 5.24. The highest BCUT2D eigenvalue weighted by Gasteiger charge is 1.97. The van der Waals surface area contributed by atoms with Crippen LogP contribution in [0.25, 0.3) is 0 Å². The van der Waals surface area contributed by atoms with Gasteiger partial charge in [0.05, 0.1) is 6.20 Å². The molecule has 0 saturated heterocycles. The van der Waals surface area contributed by atoms with E-state index in [1.54, 1.807) is 17.8 Å². The van der Waals surface area contributed by atoms with E-state index in [4.69, 9.17) is 0 Å². The fraction of sp³-hybridized carbons (Fsp3) is 0.400. The molecule has 0 aliphatic carbocycles. The van der Waals surface area contributed by atoms with Gasteiger partial charge in [-0.1, -0.05) is 5.21 Å². The van der Waals surface area contributed by atoms with Crippen molar-refractivity contribution in [2.75, 3.05) is 11.9 Å². The summed E-state index contributed by atoms with van der Waals surface area (Å²) in [5.41, 5.74) is -0.142. The van der Waals surface area contributed by atoms with Crippen LogP contribution in [-0.2, 0) is 6.54 Å². The van der Waals surface area contributed by atoms with Crippen LogP contribution in [0.3, 0.4) is 0 Å². The Labute approximate surface area is 97.9 Å². The van der Waals surface area contributed by atoms with Gasteiger partial charge in [-0.25, -0.2) is 4.98 Å². The molecule has 0 spiro atoms. The second-order valence-electron chi connectivity index (χ2n) is 3.66. The summed E-state index contributed by atoms with van der Waals surface area (Å²) in [4.78, 5) is 17.9. The first kappa shape index (κ1) is 11.3. The number of anilines is 1. The zero-order valence-electron chi connectivity index (χ0n) is 9.55. The van der Waals surface area contributed by atoms with Crippen LogP contribution in [0, 0.1) is 6.92 Å². The van der Waals surface area contributed by atoms with Crippen LogP contribution >= 0.6 is 0 Å². The van der Waals surface area contributed by atoms with E-state index >= 15 is 0 Å². The molecule has 7 heteroatoms. The molecule has 2 N–H and O–H groups in total. The van der Waals surface area contributed by atoms with Gasteiger partial charge < -0.3 is 10.3 Å². The van der Waals surface area contributed by atoms with Crippen LogP contribution in [-0.4, -0.2) is 31.5 Å². The molecule has 2 aromatic rings. The molecule has 0 bridgehead atoms. The molecule has 0 unspecified atom stereocenters. The molecule has 2 rings (SSSR count). The quantitative estimate of drug-likeness (QED) is 0.720. The van der Waals surface area contributed by atoms with E-state index < -0.39 is 0 Å². The minimum absolute atomic E-state index is 0.142. The lowest BCUT2D eigenvalue weighted by atomic mass is 10.4. The van der Waals surface area contributed by atoms with E-state index in [0.29, 0.717) is 11.6 Å². The number of hydrogen-bond acceptors (Lipinski definition) is 5. The molecule has 2 heterocycles. The van der Waals surface area contributed by atoms with E-state index in [0.717, 1.165) is 19.5 Å². The summed E-state index contributed by atoms with van der Waals surface area (Å²) in [5, 5.41) is 10.7. The summed E-state index contributed by atoms with van der Waals surface area (Å²) in [7, 11) is 0. The fourth-order valence-electron chi connectivity index (χ4n) is 1.48. The predicted octanol–water partition coefficient (Wildman–Crippen LogP) is 0.172. The first-order valence-corrected chi connectivity index (χ1v) is 5.40. The Kier molecular flexibility index (Phi) is 3.49. The number of nitrogens with one attached hydrogen (secondary N) is 2. The van der Waals surface area contributed by atoms with Gasteiger partial charge in [-0.3, -0.25) is 9.48 Å². The fourth-order valence-corrected chi connectivity index (χ4v) is 1.48. The third kappa shape index (κ3) is 3.40. The maximum Gasteiger partial charge on any atom is 0.252 e. The Morgan fingerprint density at radius 2 is 2.41 bits per heavy atom. The number of nitrogens with zero attached hydrogens (tertiary/aromatic N) is 4. The highest BCUT2D eigenvalue weighted by atomic mass is 16.1. The van der Waals surface area contributed by atoms with Crippen LogP contribution in [0.1, 0.15) is 12.2 Å². The molecule has 0 radical (unpaired) electrons. The van der Waals surface area contributed by atoms with Gasteiger partial charge in [0.1, 0.15) is 11.6 Å². The van der Waals surface area contributed by atoms with Crippen molar-refractivity contribution in [3.8, 4) is 0 Å². The van der Waals surface area contributed by atoms with Gasteiger partial charge in [0.2, 0.25) is 0 Å². The molecule has 0 saturated carbocycles. The number of rotatable bonds is 5. The summed E-state index contributed by atoms with van der Waals surface area (Å²) >= 11 is 0. The lowest BCUT2D eigenvalue weighted by molar-refractivity contribution is 0.569. The van der Waals surface area contributed by atoms with Gasteiger partial charge in [0.25, 0.3) is 5.56 Å². The molecule has 2 aromatic heterocycles. The summed E-state index contributed by atoms with van der Waals surface area (Å²) in [6, 6.07) is 1.45. The van der Waals surface area contributed by atoms with Crippen LogP contribution in [0.5, 0.6) is 0 Å². The number of aromatic amines is 1. The SMILES string of the molecule is Cc1nc(NCCCn2ccnn2)cc(=O)[nH]1. The minimum atomic E-state index is -0.142. The van der Waals surface area contributed by atoms with Crippen LogP contribution in [0.15, 0.2) is 23.3 Å². The molecule has 17 heavy (non-hydrogen) atoms. The Morgan fingerprint density at radius 3 is 3.12 bits per heavy atom. The zero-order chi connectivity index (χ0) is 12.1. The summed E-state index contributed by atoms with van der Waals surface area (Å²) in [5.74, 6) is 1.21. The van der Waals surface area contributed by atoms with Crippen molar-refractivity contribution in [2.24, 2.45) is 0 Å². The smallest absolute Gasteiger partial charge is 0.252 e. The van der Waals surface area contributed by atoms with E-state index in [1.165, 1.54) is 6.07 Å². The third-order valence-electron chi connectivity index (χ3n) is 2.20. The maximum atomic E-state index is 11.2. The highest BCUT2D eigenvalue weighted by molar-refractivity contribution is 5.32. The number of H-pyrrole nitrogens is 1. The topological polar surface area (TPSA) is 88.5 Å². The van der Waals surface area contributed by atoms with Crippen molar-refractivity contribution in [3.05, 3.63) is 34.6 Å². The zero-order valence-corrected chi connectivity index (χ0v) is 9.55. The number of aryl methyl sites for hydroxylation is 2. The molecule has 0 aliphatic rings. The minimum Gasteiger partial charge on any atom is -0.370 e. The molecule has 0 aliphatic heterocycles. The molecule has 0 aromatic carbocycles. The number of aromatic nitrogens is 5. The van der Waals surface area contributed by atoms with E-state index in [-0.39, 0.29) is 5.56 Å². The van der Waals surface area contributed by atoms with Gasteiger partial charge in [-0.15, -0.1) is 5.10 Å². The van der Waals surface area contributed by atoms with Crippen LogP contribution in [0.4, 0.5) is 5.82 Å². The maximum absolute atomic E-state index is 11.2. The van der Waals surface area contributed by atoms with Crippen LogP contribution in [0.2, 0.25) is 0 Å². The lowest BCUT2D eigenvalue weighted by Crippen LogP contribution is -2.13. The standard InChI is InChI=1S/C10H14N6O/c1-8-13-9(7-10(17)14-8)11-3-2-5-16-6-4-12-15-16/h4,6-7H,2-3,5H2,1H3,(H2,11,13,14,17). The molecule has 0 atom stereocenters. The molecular formula is C10H14N6O. The Morgan fingerprint density at radius 1 is 1.53 bits per heavy atom. The molecule has 0 amide bonds. The van der Waals surface area contributed by atoms with Crippen molar-refractivity contribution in [1.29, 1.82) is 0 Å².